The summed E-state index contributed by atoms with van der Waals surface area (Å²) < 4.78 is 12.2. The van der Waals surface area contributed by atoms with Crippen LogP contribution in [0.5, 0.6) is 0 Å². The fourth-order valence-electron chi connectivity index (χ4n) is 9.27. The Balaban J connectivity index is 1.02. The van der Waals surface area contributed by atoms with E-state index in [-0.39, 0.29) is 23.2 Å². The first-order valence-electron chi connectivity index (χ1n) is 18.4. The summed E-state index contributed by atoms with van der Waals surface area (Å²) in [4.78, 5) is 7.80. The lowest BCUT2D eigenvalue weighted by molar-refractivity contribution is -0.224. The quantitative estimate of drug-likeness (QED) is 0.182. The van der Waals surface area contributed by atoms with Gasteiger partial charge in [0, 0.05) is 42.8 Å². The zero-order valence-electron chi connectivity index (χ0n) is 29.7. The van der Waals surface area contributed by atoms with Gasteiger partial charge in [-0.15, -0.1) is 22.7 Å². The van der Waals surface area contributed by atoms with Crippen LogP contribution in [0.1, 0.15) is 85.7 Å². The summed E-state index contributed by atoms with van der Waals surface area (Å²) in [6.45, 7) is 10.6. The summed E-state index contributed by atoms with van der Waals surface area (Å²) in [7, 11) is 0. The van der Waals surface area contributed by atoms with Crippen LogP contribution in [0.4, 0.5) is 5.69 Å². The number of ether oxygens (including phenoxy) is 2. The van der Waals surface area contributed by atoms with Gasteiger partial charge >= 0.3 is 0 Å². The van der Waals surface area contributed by atoms with Gasteiger partial charge < -0.3 is 14.4 Å². The molecule has 10 rings (SSSR count). The molecule has 2 atom stereocenters. The third kappa shape index (κ3) is 5.03. The molecule has 1 fully saturated rings. The van der Waals surface area contributed by atoms with Crippen molar-refractivity contribution in [2.75, 3.05) is 18.1 Å². The molecule has 256 valence electrons. The smallest absolute Gasteiger partial charge is 0.193 e. The largest absolute Gasteiger partial charge is 0.347 e. The lowest BCUT2D eigenvalue weighted by atomic mass is 9.75. The van der Waals surface area contributed by atoms with Crippen LogP contribution in [-0.2, 0) is 14.9 Å². The van der Waals surface area contributed by atoms with Crippen LogP contribution in [0.3, 0.4) is 0 Å². The Morgan fingerprint density at radius 2 is 1.43 bits per heavy atom. The van der Waals surface area contributed by atoms with E-state index in [4.69, 9.17) is 9.47 Å². The molecule has 0 bridgehead atoms. The molecule has 3 nitrogen and oxygen atoms in total. The number of hydrogen-bond donors (Lipinski definition) is 0. The molecule has 0 spiro atoms. The van der Waals surface area contributed by atoms with E-state index < -0.39 is 0 Å². The summed E-state index contributed by atoms with van der Waals surface area (Å²) in [6, 6.07) is 36.8. The molecular formula is C46H43NO2S2. The number of benzene rings is 3. The first-order chi connectivity index (χ1) is 24.8. The van der Waals surface area contributed by atoms with E-state index in [1.165, 1.54) is 65.8 Å². The summed E-state index contributed by atoms with van der Waals surface area (Å²) in [5, 5.41) is 0. The van der Waals surface area contributed by atoms with Crippen molar-refractivity contribution < 1.29 is 9.47 Å². The van der Waals surface area contributed by atoms with E-state index in [1.807, 2.05) is 11.3 Å². The molecule has 3 aromatic carbocycles. The van der Waals surface area contributed by atoms with Crippen LogP contribution in [0.2, 0.25) is 0 Å². The zero-order valence-corrected chi connectivity index (χ0v) is 31.4. The molecule has 51 heavy (non-hydrogen) atoms. The Kier molecular flexibility index (Phi) is 7.31. The van der Waals surface area contributed by atoms with Gasteiger partial charge in [0.05, 0.1) is 24.1 Å². The van der Waals surface area contributed by atoms with Crippen LogP contribution in [0.15, 0.2) is 126 Å². The summed E-state index contributed by atoms with van der Waals surface area (Å²) in [6.07, 6.45) is 8.14. The highest BCUT2D eigenvalue weighted by atomic mass is 32.1. The second-order valence-electron chi connectivity index (χ2n) is 16.1. The number of anilines is 1. The Labute approximate surface area is 309 Å². The van der Waals surface area contributed by atoms with E-state index in [9.17, 15) is 0 Å². The standard InChI is InChI=1S/C46H43NO2S2/c1-45(2)26-48-44(49-27-45)41-24-23-40(51-41)39-22-21-38(50-39)32-19-20-34-42-33(32)14-10-16-37(42)47(29-11-6-5-7-12-29)43(34)28-17-18-31-30-13-8-9-15-35(30)46(3,4)36(31)25-28/h5-9,11-13,15,17-25,34,43-44H,10,14,16,26-27H2,1-4H3. The highest BCUT2D eigenvalue weighted by Crippen LogP contribution is 2.58. The molecule has 2 aromatic heterocycles. The first kappa shape index (κ1) is 31.7. The third-order valence-electron chi connectivity index (χ3n) is 11.7. The number of nitrogens with zero attached hydrogens (tertiary/aromatic N) is 1. The average Bonchev–Trinajstić information content (AvgIpc) is 3.94. The summed E-state index contributed by atoms with van der Waals surface area (Å²) in [5.74, 6) is 0.309. The van der Waals surface area contributed by atoms with Gasteiger partial charge in [-0.3, -0.25) is 0 Å². The maximum atomic E-state index is 6.11. The minimum atomic E-state index is -0.262. The van der Waals surface area contributed by atoms with Crippen LogP contribution in [0, 0.1) is 11.3 Å². The molecule has 0 saturated carbocycles. The van der Waals surface area contributed by atoms with Gasteiger partial charge in [-0.05, 0) is 100 Å². The normalized spacial score (nSPS) is 23.1. The Bertz CT molecular complexity index is 2270. The maximum absolute atomic E-state index is 6.11. The summed E-state index contributed by atoms with van der Waals surface area (Å²) >= 11 is 3.71. The van der Waals surface area contributed by atoms with Crippen LogP contribution in [0.25, 0.3) is 26.5 Å². The van der Waals surface area contributed by atoms with Gasteiger partial charge in [-0.25, -0.2) is 0 Å². The molecule has 0 N–H and O–H groups in total. The number of fused-ring (bicyclic) bond motifs is 3. The van der Waals surface area contributed by atoms with Crippen molar-refractivity contribution in [2.45, 2.75) is 64.7 Å². The molecule has 0 amide bonds. The van der Waals surface area contributed by atoms with E-state index in [0.29, 0.717) is 5.92 Å². The lowest BCUT2D eigenvalue weighted by Crippen LogP contribution is -2.33. The second-order valence-corrected chi connectivity index (χ2v) is 18.3. The van der Waals surface area contributed by atoms with Gasteiger partial charge in [-0.2, -0.15) is 0 Å². The highest BCUT2D eigenvalue weighted by Gasteiger charge is 2.46. The van der Waals surface area contributed by atoms with Crippen molar-refractivity contribution in [1.82, 2.24) is 0 Å². The Hall–Kier alpha value is -4.00. The third-order valence-corrected chi connectivity index (χ3v) is 14.1. The van der Waals surface area contributed by atoms with Crippen molar-refractivity contribution in [1.29, 1.82) is 0 Å². The first-order valence-corrected chi connectivity index (χ1v) is 20.1. The molecule has 1 saturated heterocycles. The molecule has 4 heterocycles. The number of hydrogen-bond acceptors (Lipinski definition) is 5. The summed E-state index contributed by atoms with van der Waals surface area (Å²) in [5.41, 5.74) is 14.4. The number of para-hydroxylation sites is 1. The van der Waals surface area contributed by atoms with Crippen LogP contribution < -0.4 is 4.90 Å². The van der Waals surface area contributed by atoms with Gasteiger partial charge in [0.1, 0.15) is 0 Å². The number of thiophene rings is 2. The molecular weight excluding hydrogens is 663 g/mol. The van der Waals surface area contributed by atoms with Gasteiger partial charge in [0.2, 0.25) is 0 Å². The average molecular weight is 706 g/mol. The Morgan fingerprint density at radius 3 is 2.27 bits per heavy atom. The van der Waals surface area contributed by atoms with Crippen LogP contribution in [-0.4, -0.2) is 13.2 Å². The second kappa shape index (κ2) is 11.8. The monoisotopic (exact) mass is 705 g/mol. The van der Waals surface area contributed by atoms with Gasteiger partial charge in [0.25, 0.3) is 0 Å². The van der Waals surface area contributed by atoms with Gasteiger partial charge in [0.15, 0.2) is 6.29 Å². The maximum Gasteiger partial charge on any atom is 0.193 e. The predicted octanol–water partition coefficient (Wildman–Crippen LogP) is 12.5. The van der Waals surface area contributed by atoms with Crippen molar-refractivity contribution in [2.24, 2.45) is 11.3 Å². The molecule has 2 unspecified atom stereocenters. The number of allylic oxidation sites excluding steroid dienone is 4. The van der Waals surface area contributed by atoms with E-state index in [2.05, 4.69) is 142 Å². The van der Waals surface area contributed by atoms with E-state index >= 15 is 0 Å². The zero-order chi connectivity index (χ0) is 34.5. The minimum absolute atomic E-state index is 0.0284. The van der Waals surface area contributed by atoms with Crippen molar-refractivity contribution in [3.8, 4) is 20.9 Å². The minimum Gasteiger partial charge on any atom is -0.347 e. The Morgan fingerprint density at radius 1 is 0.706 bits per heavy atom. The molecule has 3 aliphatic carbocycles. The van der Waals surface area contributed by atoms with E-state index in [1.54, 1.807) is 22.5 Å². The highest BCUT2D eigenvalue weighted by molar-refractivity contribution is 7.22. The fraction of sp³-hybridized carbons (Fsp3) is 0.304. The van der Waals surface area contributed by atoms with E-state index in [0.717, 1.165) is 30.9 Å². The predicted molar refractivity (Wildman–Crippen MR) is 212 cm³/mol. The lowest BCUT2D eigenvalue weighted by Gasteiger charge is -2.34. The number of rotatable bonds is 5. The van der Waals surface area contributed by atoms with Crippen molar-refractivity contribution in [3.05, 3.63) is 153 Å². The molecule has 0 radical (unpaired) electrons. The molecule has 5 aromatic rings. The fourth-order valence-corrected chi connectivity index (χ4v) is 11.4. The van der Waals surface area contributed by atoms with Crippen molar-refractivity contribution in [3.63, 3.8) is 0 Å². The molecule has 2 aliphatic heterocycles. The SMILES string of the molecule is CC1(C)COC(c2ccc(-c3ccc(C4=C5CCCC6=C5C(C=C4)C(c4ccc5c(c4)C(C)(C)c4ccccc4-5)N6c4ccccc4)s3)s2)OC1. The van der Waals surface area contributed by atoms with Crippen LogP contribution >= 0.6 is 22.7 Å². The topological polar surface area (TPSA) is 21.7 Å². The molecule has 5 heteroatoms. The molecule has 5 aliphatic rings. The van der Waals surface area contributed by atoms with Crippen molar-refractivity contribution >= 4 is 33.9 Å². The van der Waals surface area contributed by atoms with Gasteiger partial charge in [-0.1, -0.05) is 101 Å².